The van der Waals surface area contributed by atoms with E-state index < -0.39 is 24.1 Å². The van der Waals surface area contributed by atoms with Gasteiger partial charge in [0.25, 0.3) is 0 Å². The van der Waals surface area contributed by atoms with Gasteiger partial charge < -0.3 is 13.6 Å². The molecule has 0 heterocycles. The summed E-state index contributed by atoms with van der Waals surface area (Å²) in [6, 6.07) is 140. The summed E-state index contributed by atoms with van der Waals surface area (Å²) in [6.45, 7) is 6.99. The first-order valence-corrected chi connectivity index (χ1v) is 37.3. The van der Waals surface area contributed by atoms with Crippen molar-refractivity contribution in [2.75, 3.05) is 0 Å². The van der Waals surface area contributed by atoms with Gasteiger partial charge in [-0.25, -0.2) is 0 Å². The van der Waals surface area contributed by atoms with Gasteiger partial charge in [0.15, 0.2) is 0 Å². The van der Waals surface area contributed by atoms with Gasteiger partial charge in [0.05, 0.1) is 0 Å². The molecule has 3 atom stereocenters. The molecule has 0 aliphatic carbocycles. The fourth-order valence-corrected chi connectivity index (χ4v) is 16.8. The zero-order valence-electron chi connectivity index (χ0n) is 58.8. The summed E-state index contributed by atoms with van der Waals surface area (Å²) in [5.41, 5.74) is 22.4. The molecule has 0 bridgehead atoms. The topological polar surface area (TPSA) is 44.8 Å². The maximum Gasteiger partial charge on any atom is 0.647 e. The minimum atomic E-state index is -4.66. The Labute approximate surface area is 612 Å². The van der Waals surface area contributed by atoms with E-state index in [2.05, 4.69) is 385 Å². The number of hydrogen-bond donors (Lipinski definition) is 0. The van der Waals surface area contributed by atoms with Crippen LogP contribution in [0.5, 0.6) is 17.2 Å². The lowest BCUT2D eigenvalue weighted by Crippen LogP contribution is -2.28. The predicted octanol–water partition coefficient (Wildman–Crippen LogP) is 26.0. The monoisotopic (exact) mass is 1360 g/mol. The lowest BCUT2D eigenvalue weighted by atomic mass is 9.69. The van der Waals surface area contributed by atoms with E-state index in [4.69, 9.17) is 13.6 Å². The van der Waals surface area contributed by atoms with Crippen molar-refractivity contribution in [1.29, 1.82) is 0 Å². The number of benzene rings is 15. The average Bonchev–Trinajstić information content (AvgIpc) is 0.769. The van der Waals surface area contributed by atoms with Gasteiger partial charge in [-0.1, -0.05) is 385 Å². The molecule has 0 N–H and O–H groups in total. The number of rotatable bonds is 24. The van der Waals surface area contributed by atoms with E-state index in [0.717, 1.165) is 66.8 Å². The van der Waals surface area contributed by atoms with Crippen molar-refractivity contribution in [2.45, 2.75) is 56.3 Å². The highest BCUT2D eigenvalue weighted by Gasteiger charge is 2.39. The van der Waals surface area contributed by atoms with Gasteiger partial charge in [-0.15, -0.1) is 0 Å². The quantitative estimate of drug-likeness (QED) is 0.0566. The third-order valence-electron chi connectivity index (χ3n) is 20.9. The van der Waals surface area contributed by atoms with Gasteiger partial charge in [-0.3, -0.25) is 0 Å². The van der Waals surface area contributed by atoms with Crippen LogP contribution in [-0.4, -0.2) is 0 Å². The highest BCUT2D eigenvalue weighted by atomic mass is 31.2. The molecule has 0 saturated heterocycles. The van der Waals surface area contributed by atoms with E-state index in [1.54, 1.807) is 0 Å². The highest BCUT2D eigenvalue weighted by Crippen LogP contribution is 2.53. The molecule has 3 unspecified atom stereocenters. The Morgan fingerprint density at radius 3 is 0.625 bits per heavy atom. The first-order chi connectivity index (χ1) is 51.0. The molecule has 15 aromatic carbocycles. The molecule has 5 heteroatoms. The fraction of sp³-hybridized carbons (Fsp3) is 0.0909. The first kappa shape index (κ1) is 67.7. The van der Waals surface area contributed by atoms with Crippen LogP contribution in [0.2, 0.25) is 0 Å². The molecule has 506 valence electrons. The van der Waals surface area contributed by atoms with Crippen LogP contribution in [0.1, 0.15) is 70.8 Å². The molecule has 15 aromatic rings. The average molecular weight is 1370 g/mol. The van der Waals surface area contributed by atoms with Gasteiger partial charge in [-0.2, -0.15) is 4.57 Å². The van der Waals surface area contributed by atoms with Gasteiger partial charge >= 0.3 is 7.82 Å². The maximum absolute atomic E-state index is 16.4. The molecule has 15 rings (SSSR count). The van der Waals surface area contributed by atoms with E-state index in [1.165, 1.54) is 50.1 Å². The van der Waals surface area contributed by atoms with Crippen LogP contribution in [0.15, 0.2) is 400 Å². The molecule has 0 aliphatic heterocycles. The van der Waals surface area contributed by atoms with Crippen molar-refractivity contribution in [3.05, 3.63) is 450 Å². The third kappa shape index (κ3) is 14.4. The van der Waals surface area contributed by atoms with Crippen LogP contribution in [0, 0.1) is 0 Å². The van der Waals surface area contributed by atoms with Crippen LogP contribution >= 0.6 is 7.82 Å². The minimum Gasteiger partial charge on any atom is -0.386 e. The molecule has 104 heavy (non-hydrogen) atoms. The Bertz CT molecular complexity index is 4880. The SMILES string of the molecule is CC(Cc1ccccc1-c1ccccc1)(c1ccc(OP(=O)(Oc2ccc(C(C)(Cc3ccccc3-c3ccccc3)c3ccccc3-c3ccccc3)cc2)Oc2ccc(C(C)(Cc3ccccc3-c3ccccc3)c3ccccc3-c3ccccc3)cc2)cc1)c1ccccc1-c1ccccc1. The van der Waals surface area contributed by atoms with Crippen LogP contribution in [-0.2, 0) is 40.1 Å². The number of phosphoric acid groups is 1. The second-order valence-corrected chi connectivity index (χ2v) is 29.1. The number of phosphoric ester groups is 1. The highest BCUT2D eigenvalue weighted by molar-refractivity contribution is 7.49. The smallest absolute Gasteiger partial charge is 0.386 e. The summed E-state index contributed by atoms with van der Waals surface area (Å²) in [7, 11) is -4.66. The summed E-state index contributed by atoms with van der Waals surface area (Å²) in [5, 5.41) is 0. The molecule has 0 radical (unpaired) electrons. The predicted molar refractivity (Wildman–Crippen MR) is 431 cm³/mol. The Hall–Kier alpha value is -12.1. The van der Waals surface area contributed by atoms with Gasteiger partial charge in [0.1, 0.15) is 17.2 Å². The van der Waals surface area contributed by atoms with E-state index >= 15 is 4.57 Å². The molecular formula is C99H81O4P. The van der Waals surface area contributed by atoms with Gasteiger partial charge in [0, 0.05) is 16.2 Å². The summed E-state index contributed by atoms with van der Waals surface area (Å²) < 4.78 is 36.9. The van der Waals surface area contributed by atoms with E-state index in [1.807, 2.05) is 36.4 Å². The van der Waals surface area contributed by atoms with E-state index in [-0.39, 0.29) is 0 Å². The summed E-state index contributed by atoms with van der Waals surface area (Å²) in [4.78, 5) is 0. The van der Waals surface area contributed by atoms with Crippen molar-refractivity contribution >= 4 is 7.82 Å². The van der Waals surface area contributed by atoms with Crippen LogP contribution < -0.4 is 13.6 Å². The molecule has 0 spiro atoms. The Kier molecular flexibility index (Phi) is 19.7. The van der Waals surface area contributed by atoms with Crippen molar-refractivity contribution in [3.63, 3.8) is 0 Å². The van der Waals surface area contributed by atoms with Gasteiger partial charge in [-0.05, 0) is 172 Å². The van der Waals surface area contributed by atoms with Crippen molar-refractivity contribution in [2.24, 2.45) is 0 Å². The molecule has 0 amide bonds. The van der Waals surface area contributed by atoms with E-state index in [0.29, 0.717) is 36.5 Å². The Morgan fingerprint density at radius 2 is 0.394 bits per heavy atom. The van der Waals surface area contributed by atoms with E-state index in [9.17, 15) is 0 Å². The minimum absolute atomic E-state index is 0.318. The maximum atomic E-state index is 16.4. The Balaban J connectivity index is 0.826. The van der Waals surface area contributed by atoms with Crippen LogP contribution in [0.25, 0.3) is 66.8 Å². The first-order valence-electron chi connectivity index (χ1n) is 35.9. The lowest BCUT2D eigenvalue weighted by molar-refractivity contribution is 0.298. The summed E-state index contributed by atoms with van der Waals surface area (Å²) >= 11 is 0. The zero-order chi connectivity index (χ0) is 70.8. The summed E-state index contributed by atoms with van der Waals surface area (Å²) in [5.74, 6) is 0.953. The molecule has 0 saturated carbocycles. The van der Waals surface area contributed by atoms with Crippen molar-refractivity contribution in [1.82, 2.24) is 0 Å². The molecular weight excluding hydrogens is 1280 g/mol. The van der Waals surface area contributed by atoms with Gasteiger partial charge in [0.2, 0.25) is 0 Å². The molecule has 0 aliphatic rings. The second kappa shape index (κ2) is 30.2. The zero-order valence-corrected chi connectivity index (χ0v) is 59.7. The van der Waals surface area contributed by atoms with Crippen LogP contribution in [0.4, 0.5) is 0 Å². The lowest BCUT2D eigenvalue weighted by Gasteiger charge is -2.34. The standard InChI is InChI=1S/C99H81O4P/c1-97(94-55-31-28-52-91(94)76-40-16-7-17-41-76,70-79-46-22-25-49-88(79)73-34-10-4-11-35-73)82-58-64-85(65-59-82)101-104(100,102-86-66-60-83(61-67-86)98(2,95-56-32-29-53-92(95)77-42-18-8-19-43-77)71-80-47-23-26-50-89(80)74-36-12-5-13-37-74)103-87-68-62-84(63-69-87)99(3,96-57-33-30-54-93(96)78-44-20-9-21-45-78)72-81-48-24-27-51-90(81)75-38-14-6-15-39-75/h4-69H,70-72H2,1-3H3. The molecule has 0 aromatic heterocycles. The number of hydrogen-bond acceptors (Lipinski definition) is 4. The van der Waals surface area contributed by atoms with Crippen LogP contribution in [0.3, 0.4) is 0 Å². The summed E-state index contributed by atoms with van der Waals surface area (Å²) in [6.07, 6.45) is 2.02. The Morgan fingerprint density at radius 1 is 0.212 bits per heavy atom. The normalized spacial score (nSPS) is 13.6. The second-order valence-electron chi connectivity index (χ2n) is 27.6. The molecule has 0 fully saturated rings. The molecule has 4 nitrogen and oxygen atoms in total. The van der Waals surface area contributed by atoms with Crippen molar-refractivity contribution < 1.29 is 18.1 Å². The fourth-order valence-electron chi connectivity index (χ4n) is 15.5. The van der Waals surface area contributed by atoms with Crippen molar-refractivity contribution in [3.8, 4) is 84.0 Å². The third-order valence-corrected chi connectivity index (χ3v) is 22.2. The largest absolute Gasteiger partial charge is 0.647 e.